The molecule has 2 aliphatic rings. The van der Waals surface area contributed by atoms with Gasteiger partial charge in [0.1, 0.15) is 0 Å². The van der Waals surface area contributed by atoms with Crippen LogP contribution in [-0.2, 0) is 4.79 Å². The highest BCUT2D eigenvalue weighted by molar-refractivity contribution is 5.95. The molecule has 0 spiro atoms. The molecule has 1 N–H and O–H groups in total. The predicted molar refractivity (Wildman–Crippen MR) is 107 cm³/mol. The van der Waals surface area contributed by atoms with Gasteiger partial charge in [-0.15, -0.1) is 0 Å². The maximum Gasteiger partial charge on any atom is 0.176 e. The summed E-state index contributed by atoms with van der Waals surface area (Å²) < 4.78 is 0. The lowest BCUT2D eigenvalue weighted by molar-refractivity contribution is -0.113. The van der Waals surface area contributed by atoms with Gasteiger partial charge in [0.2, 0.25) is 0 Å². The van der Waals surface area contributed by atoms with Crippen LogP contribution >= 0.6 is 0 Å². The van der Waals surface area contributed by atoms with E-state index in [1.165, 1.54) is 36.0 Å². The summed E-state index contributed by atoms with van der Waals surface area (Å²) >= 11 is 0. The lowest BCUT2D eigenvalue weighted by Gasteiger charge is -2.32. The van der Waals surface area contributed by atoms with Crippen molar-refractivity contribution in [3.63, 3.8) is 0 Å². The maximum atomic E-state index is 11.2. The first kappa shape index (κ1) is 19.2. The van der Waals surface area contributed by atoms with Crippen LogP contribution in [0, 0.1) is 5.41 Å². The number of rotatable bonds is 5. The minimum absolute atomic E-state index is 0.138. The van der Waals surface area contributed by atoms with Crippen LogP contribution in [0.1, 0.15) is 53.9 Å². The van der Waals surface area contributed by atoms with Crippen LogP contribution in [0.2, 0.25) is 0 Å². The van der Waals surface area contributed by atoms with Crippen LogP contribution in [0.3, 0.4) is 0 Å². The quantitative estimate of drug-likeness (QED) is 0.664. The molecule has 0 bridgehead atoms. The van der Waals surface area contributed by atoms with E-state index in [9.17, 15) is 4.79 Å². The molecule has 0 saturated carbocycles. The second kappa shape index (κ2) is 8.33. The lowest BCUT2D eigenvalue weighted by atomic mass is 9.72. The molecule has 2 nitrogen and oxygen atoms in total. The summed E-state index contributed by atoms with van der Waals surface area (Å²) in [7, 11) is 0. The van der Waals surface area contributed by atoms with Gasteiger partial charge < -0.3 is 5.32 Å². The fraction of sp³-hybridized carbons (Fsp3) is 0.435. The van der Waals surface area contributed by atoms with Gasteiger partial charge in [-0.2, -0.15) is 0 Å². The van der Waals surface area contributed by atoms with Gasteiger partial charge in [-0.25, -0.2) is 0 Å². The van der Waals surface area contributed by atoms with Crippen molar-refractivity contribution in [1.29, 1.82) is 0 Å². The molecule has 2 heteroatoms. The van der Waals surface area contributed by atoms with Crippen molar-refractivity contribution in [3.05, 3.63) is 70.5 Å². The molecule has 134 valence electrons. The van der Waals surface area contributed by atoms with E-state index in [1.54, 1.807) is 6.08 Å². The van der Waals surface area contributed by atoms with Crippen LogP contribution < -0.4 is 5.32 Å². The molecule has 1 aliphatic carbocycles. The van der Waals surface area contributed by atoms with Crippen LogP contribution in [0.4, 0.5) is 0 Å². The summed E-state index contributed by atoms with van der Waals surface area (Å²) in [6, 6.07) is 0. The summed E-state index contributed by atoms with van der Waals surface area (Å²) in [5.74, 6) is 0.138. The Kier molecular flexibility index (Phi) is 6.41. The minimum atomic E-state index is 0.138. The molecule has 0 fully saturated rings. The van der Waals surface area contributed by atoms with Gasteiger partial charge in [0.05, 0.1) is 6.54 Å². The summed E-state index contributed by atoms with van der Waals surface area (Å²) in [6.07, 6.45) is 18.2. The smallest absolute Gasteiger partial charge is 0.176 e. The molecule has 2 rings (SSSR count). The average Bonchev–Trinajstić information content (AvgIpc) is 2.91. The molecule has 25 heavy (non-hydrogen) atoms. The SMILES string of the molecule is CC1=C(/C=C/C(C)=C/C=C/C(C)=C/C2=CC(=O)CN2)C(C)(C)CCC1. The molecular formula is C23H31NO. The zero-order valence-corrected chi connectivity index (χ0v) is 16.3. The monoisotopic (exact) mass is 337 g/mol. The molecule has 1 aliphatic heterocycles. The second-order valence-electron chi connectivity index (χ2n) is 7.84. The van der Waals surface area contributed by atoms with Crippen molar-refractivity contribution in [2.75, 3.05) is 6.54 Å². The Morgan fingerprint density at radius 3 is 2.60 bits per heavy atom. The normalized spacial score (nSPS) is 22.1. The van der Waals surface area contributed by atoms with Crippen LogP contribution in [0.25, 0.3) is 0 Å². The van der Waals surface area contributed by atoms with Gasteiger partial charge >= 0.3 is 0 Å². The predicted octanol–water partition coefficient (Wildman–Crippen LogP) is 5.57. The van der Waals surface area contributed by atoms with Crippen molar-refractivity contribution in [2.45, 2.75) is 53.9 Å². The first-order valence-corrected chi connectivity index (χ1v) is 9.18. The van der Waals surface area contributed by atoms with Gasteiger partial charge in [0, 0.05) is 11.8 Å². The molecular weight excluding hydrogens is 306 g/mol. The van der Waals surface area contributed by atoms with Gasteiger partial charge in [0.25, 0.3) is 0 Å². The second-order valence-corrected chi connectivity index (χ2v) is 7.84. The summed E-state index contributed by atoms with van der Waals surface area (Å²) in [4.78, 5) is 11.2. The molecule has 0 aromatic carbocycles. The maximum absolute atomic E-state index is 11.2. The molecule has 0 aromatic heterocycles. The van der Waals surface area contributed by atoms with Crippen molar-refractivity contribution < 1.29 is 4.79 Å². The Bertz CT molecular complexity index is 708. The van der Waals surface area contributed by atoms with E-state index >= 15 is 0 Å². The van der Waals surface area contributed by atoms with Gasteiger partial charge in [-0.1, -0.05) is 55.4 Å². The summed E-state index contributed by atoms with van der Waals surface area (Å²) in [5, 5.41) is 3.07. The Balaban J connectivity index is 2.00. The topological polar surface area (TPSA) is 29.1 Å². The van der Waals surface area contributed by atoms with Crippen LogP contribution in [-0.4, -0.2) is 12.3 Å². The summed E-state index contributed by atoms with van der Waals surface area (Å²) in [5.41, 5.74) is 6.56. The third-order valence-electron chi connectivity index (χ3n) is 4.94. The standard InChI is InChI=1S/C23H31NO/c1-17(11-12-22-19(3)10-7-13-23(22,4)5)8-6-9-18(2)14-20-15-21(25)16-24-20/h6,8-9,11-12,14-15,24H,7,10,13,16H2,1-5H3/b9-6+,12-11+,17-8+,18-14+. The van der Waals surface area contributed by atoms with E-state index in [-0.39, 0.29) is 11.2 Å². The third-order valence-corrected chi connectivity index (χ3v) is 4.94. The van der Waals surface area contributed by atoms with Crippen molar-refractivity contribution in [3.8, 4) is 0 Å². The Hall–Kier alpha value is -2.09. The number of nitrogens with one attached hydrogen (secondary N) is 1. The van der Waals surface area contributed by atoms with Crippen molar-refractivity contribution in [2.24, 2.45) is 5.41 Å². The third kappa shape index (κ3) is 5.74. The van der Waals surface area contributed by atoms with E-state index < -0.39 is 0 Å². The van der Waals surface area contributed by atoms with Crippen molar-refractivity contribution in [1.82, 2.24) is 5.32 Å². The molecule has 0 amide bonds. The lowest BCUT2D eigenvalue weighted by Crippen LogP contribution is -2.19. The number of carbonyl (C=O) groups is 1. The fourth-order valence-electron chi connectivity index (χ4n) is 3.48. The Morgan fingerprint density at radius 1 is 1.20 bits per heavy atom. The summed E-state index contributed by atoms with van der Waals surface area (Å²) in [6.45, 7) is 11.5. The fourth-order valence-corrected chi connectivity index (χ4v) is 3.48. The number of ketones is 1. The zero-order chi connectivity index (χ0) is 18.4. The Morgan fingerprint density at radius 2 is 1.96 bits per heavy atom. The van der Waals surface area contributed by atoms with E-state index in [0.29, 0.717) is 6.54 Å². The largest absolute Gasteiger partial charge is 0.377 e. The highest BCUT2D eigenvalue weighted by atomic mass is 16.1. The zero-order valence-electron chi connectivity index (χ0n) is 16.3. The van der Waals surface area contributed by atoms with Crippen molar-refractivity contribution >= 4 is 5.78 Å². The van der Waals surface area contributed by atoms with Gasteiger partial charge in [0.15, 0.2) is 5.78 Å². The van der Waals surface area contributed by atoms with E-state index in [1.807, 2.05) is 13.0 Å². The molecule has 0 saturated heterocycles. The number of hydrogen-bond acceptors (Lipinski definition) is 2. The van der Waals surface area contributed by atoms with E-state index in [0.717, 1.165) is 11.3 Å². The highest BCUT2D eigenvalue weighted by Gasteiger charge is 2.26. The number of carbonyl (C=O) groups excluding carboxylic acids is 1. The molecule has 0 atom stereocenters. The highest BCUT2D eigenvalue weighted by Crippen LogP contribution is 2.40. The minimum Gasteiger partial charge on any atom is -0.377 e. The first-order chi connectivity index (χ1) is 11.8. The average molecular weight is 338 g/mol. The molecule has 1 heterocycles. The number of allylic oxidation sites excluding steroid dienone is 10. The van der Waals surface area contributed by atoms with Crippen LogP contribution in [0.5, 0.6) is 0 Å². The van der Waals surface area contributed by atoms with Gasteiger partial charge in [-0.05, 0) is 62.7 Å². The van der Waals surface area contributed by atoms with E-state index in [4.69, 9.17) is 0 Å². The van der Waals surface area contributed by atoms with E-state index in [2.05, 4.69) is 63.4 Å². The molecule has 0 radical (unpaired) electrons. The Labute approximate surface area is 152 Å². The molecule has 0 aromatic rings. The van der Waals surface area contributed by atoms with Crippen LogP contribution in [0.15, 0.2) is 70.5 Å². The molecule has 0 unspecified atom stereocenters. The number of hydrogen-bond donors (Lipinski definition) is 1. The van der Waals surface area contributed by atoms with Gasteiger partial charge in [-0.3, -0.25) is 4.79 Å². The first-order valence-electron chi connectivity index (χ1n) is 9.18.